The van der Waals surface area contributed by atoms with Gasteiger partial charge in [0.15, 0.2) is 8.07 Å². The van der Waals surface area contributed by atoms with E-state index in [1.807, 2.05) is 0 Å². The van der Waals surface area contributed by atoms with Crippen LogP contribution >= 0.6 is 0 Å². The summed E-state index contributed by atoms with van der Waals surface area (Å²) in [7, 11) is -2.52. The van der Waals surface area contributed by atoms with Crippen molar-refractivity contribution in [3.63, 3.8) is 0 Å². The average molecular weight is 449 g/mol. The quantitative estimate of drug-likeness (QED) is 0.236. The Morgan fingerprint density at radius 3 is 1.76 bits per heavy atom. The molecule has 0 N–H and O–H groups in total. The third kappa shape index (κ3) is 2.48. The van der Waals surface area contributed by atoms with E-state index in [2.05, 4.69) is 134 Å². The molecule has 160 valence electrons. The molecule has 0 saturated carbocycles. The van der Waals surface area contributed by atoms with Gasteiger partial charge < -0.3 is 0 Å². The number of benzene rings is 6. The first kappa shape index (κ1) is 19.5. The molecule has 0 aromatic heterocycles. The van der Waals surface area contributed by atoms with Crippen molar-refractivity contribution in [1.82, 2.24) is 0 Å². The minimum atomic E-state index is -2.52. The Labute approximate surface area is 201 Å². The van der Waals surface area contributed by atoms with Gasteiger partial charge in [0.2, 0.25) is 0 Å². The third-order valence-electron chi connectivity index (χ3n) is 7.57. The van der Waals surface area contributed by atoms with E-state index in [1.165, 1.54) is 59.0 Å². The normalized spacial score (nSPS) is 13.7. The van der Waals surface area contributed by atoms with Crippen LogP contribution in [0.1, 0.15) is 5.56 Å². The molecular weight excluding hydrogens is 424 g/mol. The highest BCUT2D eigenvalue weighted by molar-refractivity contribution is 7.23. The third-order valence-corrected chi connectivity index (χ3v) is 12.5. The molecule has 34 heavy (non-hydrogen) atoms. The van der Waals surface area contributed by atoms with Crippen molar-refractivity contribution in [2.45, 2.75) is 6.92 Å². The molecule has 0 atom stereocenters. The Balaban J connectivity index is 1.81. The van der Waals surface area contributed by atoms with E-state index in [-0.39, 0.29) is 0 Å². The van der Waals surface area contributed by atoms with Crippen molar-refractivity contribution in [1.29, 1.82) is 0 Å². The fourth-order valence-corrected chi connectivity index (χ4v) is 11.7. The van der Waals surface area contributed by atoms with Gasteiger partial charge in [-0.3, -0.25) is 0 Å². The Kier molecular flexibility index (Phi) is 4.18. The molecule has 1 aliphatic heterocycles. The van der Waals surface area contributed by atoms with Crippen molar-refractivity contribution in [2.24, 2.45) is 0 Å². The SMILES string of the molecule is Cc1ccc2c3c(c4ccccc4c2c1)[Si](c1ccccc1)(c1ccccc1)c1ccccc1-3. The van der Waals surface area contributed by atoms with Crippen LogP contribution in [0.15, 0.2) is 127 Å². The topological polar surface area (TPSA) is 0 Å². The lowest BCUT2D eigenvalue weighted by Crippen LogP contribution is -2.73. The molecule has 0 aliphatic carbocycles. The maximum absolute atomic E-state index is 2.52. The Morgan fingerprint density at radius 1 is 0.471 bits per heavy atom. The summed E-state index contributed by atoms with van der Waals surface area (Å²) in [4.78, 5) is 0. The van der Waals surface area contributed by atoms with Crippen molar-refractivity contribution < 1.29 is 0 Å². The van der Waals surface area contributed by atoms with Crippen LogP contribution in [0.4, 0.5) is 0 Å². The smallest absolute Gasteiger partial charge is 0.0623 e. The van der Waals surface area contributed by atoms with E-state index in [0.717, 1.165) is 0 Å². The Bertz CT molecular complexity index is 1660. The van der Waals surface area contributed by atoms with Crippen molar-refractivity contribution in [2.75, 3.05) is 0 Å². The fourth-order valence-electron chi connectivity index (χ4n) is 6.28. The first-order chi connectivity index (χ1) is 16.8. The van der Waals surface area contributed by atoms with Gasteiger partial charge in [-0.2, -0.15) is 0 Å². The van der Waals surface area contributed by atoms with Gasteiger partial charge >= 0.3 is 0 Å². The van der Waals surface area contributed by atoms with Crippen molar-refractivity contribution >= 4 is 50.4 Å². The Morgan fingerprint density at radius 2 is 1.06 bits per heavy atom. The van der Waals surface area contributed by atoms with Crippen LogP contribution in [0.3, 0.4) is 0 Å². The molecule has 1 aliphatic rings. The van der Waals surface area contributed by atoms with E-state index in [4.69, 9.17) is 0 Å². The molecule has 1 heterocycles. The first-order valence-corrected chi connectivity index (χ1v) is 14.0. The summed E-state index contributed by atoms with van der Waals surface area (Å²) in [5.41, 5.74) is 4.14. The average Bonchev–Trinajstić information content (AvgIpc) is 3.22. The molecule has 0 spiro atoms. The van der Waals surface area contributed by atoms with E-state index in [9.17, 15) is 0 Å². The predicted molar refractivity (Wildman–Crippen MR) is 149 cm³/mol. The second-order valence-corrected chi connectivity index (χ2v) is 13.1. The van der Waals surface area contributed by atoms with E-state index in [1.54, 1.807) is 0 Å². The van der Waals surface area contributed by atoms with Crippen molar-refractivity contribution in [3.05, 3.63) is 133 Å². The van der Waals surface area contributed by atoms with Crippen LogP contribution in [0.5, 0.6) is 0 Å². The molecule has 0 bridgehead atoms. The number of hydrogen-bond acceptors (Lipinski definition) is 0. The molecule has 0 amide bonds. The molecule has 0 saturated heterocycles. The van der Waals surface area contributed by atoms with E-state index in [0.29, 0.717) is 0 Å². The minimum absolute atomic E-state index is 1.30. The van der Waals surface area contributed by atoms with Gasteiger partial charge in [-0.05, 0) is 60.3 Å². The summed E-state index contributed by atoms with van der Waals surface area (Å²) in [6.45, 7) is 2.20. The zero-order valence-electron chi connectivity index (χ0n) is 19.1. The lowest BCUT2D eigenvalue weighted by molar-refractivity contribution is 1.51. The number of aryl methyl sites for hydroxylation is 1. The Hall–Kier alpha value is -3.94. The van der Waals surface area contributed by atoms with Gasteiger partial charge in [0.1, 0.15) is 0 Å². The van der Waals surface area contributed by atoms with Gasteiger partial charge in [0.25, 0.3) is 0 Å². The monoisotopic (exact) mass is 448 g/mol. The molecule has 0 nitrogen and oxygen atoms in total. The van der Waals surface area contributed by atoms with Crippen LogP contribution in [0.2, 0.25) is 0 Å². The highest BCUT2D eigenvalue weighted by Gasteiger charge is 2.50. The first-order valence-electron chi connectivity index (χ1n) is 12.0. The highest BCUT2D eigenvalue weighted by atomic mass is 28.3. The van der Waals surface area contributed by atoms with Gasteiger partial charge in [-0.25, -0.2) is 0 Å². The molecular formula is C33H24Si. The molecule has 6 aromatic carbocycles. The standard InChI is InChI=1S/C33H24Si/c1-23-20-21-27-30(22-23)26-16-8-9-17-28(26)33-32(27)29-18-10-11-19-31(29)34(33,24-12-4-2-5-13-24)25-14-6-3-7-15-25/h2-22H,1H3. The van der Waals surface area contributed by atoms with Gasteiger partial charge in [-0.15, -0.1) is 0 Å². The number of fused-ring (bicyclic) bond motifs is 8. The molecule has 0 fully saturated rings. The second-order valence-electron chi connectivity index (χ2n) is 9.37. The highest BCUT2D eigenvalue weighted by Crippen LogP contribution is 2.39. The maximum atomic E-state index is 2.40. The largest absolute Gasteiger partial charge is 0.181 e. The van der Waals surface area contributed by atoms with Crippen molar-refractivity contribution in [3.8, 4) is 11.1 Å². The minimum Gasteiger partial charge on any atom is -0.0623 e. The molecule has 0 unspecified atom stereocenters. The lowest BCUT2D eigenvalue weighted by atomic mass is 9.92. The molecule has 0 radical (unpaired) electrons. The maximum Gasteiger partial charge on any atom is 0.181 e. The summed E-state index contributed by atoms with van der Waals surface area (Å²) in [5, 5.41) is 11.4. The molecule has 7 rings (SSSR count). The molecule has 6 aromatic rings. The van der Waals surface area contributed by atoms with Crippen LogP contribution in [-0.4, -0.2) is 8.07 Å². The van der Waals surface area contributed by atoms with E-state index >= 15 is 0 Å². The van der Waals surface area contributed by atoms with Crippen LogP contribution in [-0.2, 0) is 0 Å². The number of hydrogen-bond donors (Lipinski definition) is 0. The summed E-state index contributed by atoms with van der Waals surface area (Å²) in [5.74, 6) is 0. The summed E-state index contributed by atoms with van der Waals surface area (Å²) in [6, 6.07) is 47.8. The predicted octanol–water partition coefficient (Wildman–Crippen LogP) is 5.66. The van der Waals surface area contributed by atoms with Gasteiger partial charge in [0, 0.05) is 0 Å². The van der Waals surface area contributed by atoms with Crippen LogP contribution in [0.25, 0.3) is 32.7 Å². The van der Waals surface area contributed by atoms with Gasteiger partial charge in [0.05, 0.1) is 0 Å². The summed E-state index contributed by atoms with van der Waals surface area (Å²) < 4.78 is 0. The van der Waals surface area contributed by atoms with Crippen LogP contribution in [0, 0.1) is 6.92 Å². The zero-order valence-corrected chi connectivity index (χ0v) is 20.1. The summed E-state index contributed by atoms with van der Waals surface area (Å²) in [6.07, 6.45) is 0. The van der Waals surface area contributed by atoms with E-state index < -0.39 is 8.07 Å². The van der Waals surface area contributed by atoms with Gasteiger partial charge in [-0.1, -0.05) is 133 Å². The lowest BCUT2D eigenvalue weighted by Gasteiger charge is -2.32. The second kappa shape index (κ2) is 7.28. The fraction of sp³-hybridized carbons (Fsp3) is 0.0303. The summed E-state index contributed by atoms with van der Waals surface area (Å²) >= 11 is 0. The molecule has 1 heteroatoms. The number of rotatable bonds is 2. The van der Waals surface area contributed by atoms with Crippen LogP contribution < -0.4 is 20.7 Å². The zero-order chi connectivity index (χ0) is 22.7.